The van der Waals surface area contributed by atoms with Gasteiger partial charge in [0.1, 0.15) is 0 Å². The fourth-order valence-corrected chi connectivity index (χ4v) is 1.34. The Morgan fingerprint density at radius 2 is 2.00 bits per heavy atom. The molecule has 0 aliphatic heterocycles. The highest BCUT2D eigenvalue weighted by atomic mass is 16.5. The molecule has 98 valence electrons. The van der Waals surface area contributed by atoms with Gasteiger partial charge in [-0.2, -0.15) is 0 Å². The van der Waals surface area contributed by atoms with E-state index in [4.69, 9.17) is 9.84 Å². The Morgan fingerprint density at radius 3 is 2.56 bits per heavy atom. The Hall–Kier alpha value is -1.61. The van der Waals surface area contributed by atoms with E-state index in [9.17, 15) is 4.79 Å². The predicted octanol–water partition coefficient (Wildman–Crippen LogP) is 2.78. The van der Waals surface area contributed by atoms with Crippen LogP contribution in [0.25, 0.3) is 6.08 Å². The summed E-state index contributed by atoms with van der Waals surface area (Å²) < 4.78 is 5.05. The van der Waals surface area contributed by atoms with Crippen LogP contribution in [0.2, 0.25) is 0 Å². The molecule has 0 fully saturated rings. The third kappa shape index (κ3) is 5.64. The van der Waals surface area contributed by atoms with Crippen LogP contribution < -0.4 is 0 Å². The molecule has 0 amide bonds. The van der Waals surface area contributed by atoms with E-state index in [0.29, 0.717) is 12.5 Å². The average molecular weight is 248 g/mol. The van der Waals surface area contributed by atoms with Crippen LogP contribution in [0.1, 0.15) is 31.4 Å². The van der Waals surface area contributed by atoms with Crippen molar-refractivity contribution in [2.24, 2.45) is 5.92 Å². The molecule has 0 saturated carbocycles. The van der Waals surface area contributed by atoms with Gasteiger partial charge in [0, 0.05) is 6.08 Å². The Bertz CT molecular complexity index is 391. The minimum atomic E-state index is -0.318. The van der Waals surface area contributed by atoms with Crippen molar-refractivity contribution >= 4 is 12.0 Å². The second-order valence-corrected chi connectivity index (χ2v) is 4.58. The summed E-state index contributed by atoms with van der Waals surface area (Å²) in [4.78, 5) is 11.4. The van der Waals surface area contributed by atoms with Crippen LogP contribution in [-0.2, 0) is 16.1 Å². The maximum absolute atomic E-state index is 11.4. The van der Waals surface area contributed by atoms with Gasteiger partial charge in [0.15, 0.2) is 0 Å². The van der Waals surface area contributed by atoms with Crippen molar-refractivity contribution < 1.29 is 14.6 Å². The highest BCUT2D eigenvalue weighted by Gasteiger charge is 1.99. The Kier molecular flexibility index (Phi) is 6.15. The maximum atomic E-state index is 11.4. The van der Waals surface area contributed by atoms with Gasteiger partial charge >= 0.3 is 5.97 Å². The van der Waals surface area contributed by atoms with Crippen molar-refractivity contribution in [1.29, 1.82) is 0 Å². The van der Waals surface area contributed by atoms with Gasteiger partial charge < -0.3 is 9.84 Å². The molecule has 1 aromatic rings. The fourth-order valence-electron chi connectivity index (χ4n) is 1.34. The smallest absolute Gasteiger partial charge is 0.330 e. The van der Waals surface area contributed by atoms with E-state index in [1.807, 2.05) is 24.3 Å². The lowest BCUT2D eigenvalue weighted by atomic mass is 10.1. The quantitative estimate of drug-likeness (QED) is 0.622. The van der Waals surface area contributed by atoms with Gasteiger partial charge in [-0.25, -0.2) is 4.79 Å². The number of carbonyl (C=O) groups is 1. The lowest BCUT2D eigenvalue weighted by molar-refractivity contribution is -0.137. The van der Waals surface area contributed by atoms with Gasteiger partial charge in [0.25, 0.3) is 0 Å². The number of aliphatic hydroxyl groups is 1. The van der Waals surface area contributed by atoms with E-state index in [1.165, 1.54) is 6.08 Å². The molecule has 1 aromatic carbocycles. The lowest BCUT2D eigenvalue weighted by Gasteiger charge is -2.04. The molecule has 0 bridgehead atoms. The summed E-state index contributed by atoms with van der Waals surface area (Å²) in [5, 5.41) is 8.90. The summed E-state index contributed by atoms with van der Waals surface area (Å²) in [6.07, 6.45) is 4.01. The van der Waals surface area contributed by atoms with Crippen molar-refractivity contribution in [2.75, 3.05) is 6.61 Å². The third-order valence-electron chi connectivity index (χ3n) is 2.51. The summed E-state index contributed by atoms with van der Waals surface area (Å²) in [5.74, 6) is 0.217. The SMILES string of the molecule is CC(C)CCOC(=O)C=Cc1ccc(CO)cc1. The van der Waals surface area contributed by atoms with Gasteiger partial charge in [0.05, 0.1) is 13.2 Å². The van der Waals surface area contributed by atoms with Crippen LogP contribution >= 0.6 is 0 Å². The molecule has 3 heteroatoms. The molecule has 3 nitrogen and oxygen atoms in total. The van der Waals surface area contributed by atoms with Crippen molar-refractivity contribution in [3.8, 4) is 0 Å². The summed E-state index contributed by atoms with van der Waals surface area (Å²) in [6.45, 7) is 4.67. The number of esters is 1. The van der Waals surface area contributed by atoms with E-state index in [1.54, 1.807) is 6.08 Å². The Labute approximate surface area is 108 Å². The molecular weight excluding hydrogens is 228 g/mol. The molecule has 0 saturated heterocycles. The standard InChI is InChI=1S/C15H20O3/c1-12(2)9-10-18-15(17)8-7-13-3-5-14(11-16)6-4-13/h3-8,12,16H,9-11H2,1-2H3. The van der Waals surface area contributed by atoms with Crippen molar-refractivity contribution in [3.63, 3.8) is 0 Å². The monoisotopic (exact) mass is 248 g/mol. The molecule has 0 aromatic heterocycles. The number of ether oxygens (including phenoxy) is 1. The van der Waals surface area contributed by atoms with Crippen LogP contribution in [0, 0.1) is 5.92 Å². The average Bonchev–Trinajstić information content (AvgIpc) is 2.36. The molecule has 0 atom stereocenters. The molecular formula is C15H20O3. The van der Waals surface area contributed by atoms with Crippen LogP contribution in [0.3, 0.4) is 0 Å². The zero-order chi connectivity index (χ0) is 13.4. The molecule has 0 unspecified atom stereocenters. The molecule has 0 heterocycles. The zero-order valence-electron chi connectivity index (χ0n) is 10.9. The summed E-state index contributed by atoms with van der Waals surface area (Å²) in [7, 11) is 0. The van der Waals surface area contributed by atoms with Gasteiger partial charge in [-0.15, -0.1) is 0 Å². The van der Waals surface area contributed by atoms with Crippen molar-refractivity contribution in [1.82, 2.24) is 0 Å². The Balaban J connectivity index is 2.40. The second-order valence-electron chi connectivity index (χ2n) is 4.58. The minimum Gasteiger partial charge on any atom is -0.463 e. The first kappa shape index (κ1) is 14.5. The number of hydrogen-bond donors (Lipinski definition) is 1. The normalized spacial score (nSPS) is 11.1. The van der Waals surface area contributed by atoms with Crippen molar-refractivity contribution in [2.45, 2.75) is 26.9 Å². The first-order valence-corrected chi connectivity index (χ1v) is 6.16. The van der Waals surface area contributed by atoms with E-state index < -0.39 is 0 Å². The predicted molar refractivity (Wildman–Crippen MR) is 71.8 cm³/mol. The van der Waals surface area contributed by atoms with Gasteiger partial charge in [-0.3, -0.25) is 0 Å². The molecule has 0 aliphatic rings. The Morgan fingerprint density at radius 1 is 1.33 bits per heavy atom. The number of rotatable bonds is 6. The molecule has 18 heavy (non-hydrogen) atoms. The van der Waals surface area contributed by atoms with Crippen molar-refractivity contribution in [3.05, 3.63) is 41.5 Å². The van der Waals surface area contributed by atoms with Gasteiger partial charge in [-0.05, 0) is 29.5 Å². The third-order valence-corrected chi connectivity index (χ3v) is 2.51. The van der Waals surface area contributed by atoms with Gasteiger partial charge in [-0.1, -0.05) is 38.1 Å². The van der Waals surface area contributed by atoms with Crippen LogP contribution in [-0.4, -0.2) is 17.7 Å². The van der Waals surface area contributed by atoms with Crippen LogP contribution in [0.4, 0.5) is 0 Å². The van der Waals surface area contributed by atoms with E-state index in [-0.39, 0.29) is 12.6 Å². The number of benzene rings is 1. The van der Waals surface area contributed by atoms with E-state index in [2.05, 4.69) is 13.8 Å². The largest absolute Gasteiger partial charge is 0.463 e. The van der Waals surface area contributed by atoms with Gasteiger partial charge in [0.2, 0.25) is 0 Å². The second kappa shape index (κ2) is 7.67. The highest BCUT2D eigenvalue weighted by molar-refractivity contribution is 5.87. The first-order valence-electron chi connectivity index (χ1n) is 6.16. The molecule has 1 rings (SSSR count). The first-order chi connectivity index (χ1) is 8.61. The molecule has 1 N–H and O–H groups in total. The zero-order valence-corrected chi connectivity index (χ0v) is 10.9. The van der Waals surface area contributed by atoms with E-state index >= 15 is 0 Å². The van der Waals surface area contributed by atoms with E-state index in [0.717, 1.165) is 17.5 Å². The van der Waals surface area contributed by atoms with Crippen LogP contribution in [0.5, 0.6) is 0 Å². The fraction of sp³-hybridized carbons (Fsp3) is 0.400. The summed E-state index contributed by atoms with van der Waals surface area (Å²) in [6, 6.07) is 7.35. The highest BCUT2D eigenvalue weighted by Crippen LogP contribution is 2.06. The lowest BCUT2D eigenvalue weighted by Crippen LogP contribution is -2.04. The molecule has 0 aliphatic carbocycles. The topological polar surface area (TPSA) is 46.5 Å². The minimum absolute atomic E-state index is 0.0290. The summed E-state index contributed by atoms with van der Waals surface area (Å²) >= 11 is 0. The maximum Gasteiger partial charge on any atom is 0.330 e. The molecule has 0 spiro atoms. The summed E-state index contributed by atoms with van der Waals surface area (Å²) in [5.41, 5.74) is 1.76. The number of carbonyl (C=O) groups excluding carboxylic acids is 1. The number of hydrogen-bond acceptors (Lipinski definition) is 3. The molecule has 0 radical (unpaired) electrons. The number of aliphatic hydroxyl groups excluding tert-OH is 1. The van der Waals surface area contributed by atoms with Crippen LogP contribution in [0.15, 0.2) is 30.3 Å².